The molecule has 3 aromatic rings. The first-order chi connectivity index (χ1) is 10.4. The average molecular weight is 337 g/mol. The number of fused-ring (bicyclic) bond motifs is 1. The molecule has 22 heavy (non-hydrogen) atoms. The van der Waals surface area contributed by atoms with Crippen molar-refractivity contribution in [2.45, 2.75) is 20.0 Å². The minimum atomic E-state index is -0.961. The summed E-state index contributed by atoms with van der Waals surface area (Å²) >= 11 is 7.13. The number of anilines is 1. The van der Waals surface area contributed by atoms with Crippen LogP contribution in [0.15, 0.2) is 24.3 Å². The maximum absolute atomic E-state index is 13.3. The topological polar surface area (TPSA) is 59.1 Å². The predicted molar refractivity (Wildman–Crippen MR) is 89.0 cm³/mol. The second-order valence-electron chi connectivity index (χ2n) is 5.22. The average Bonchev–Trinajstić information content (AvgIpc) is 2.78. The number of thiophene rings is 1. The molecule has 0 amide bonds. The van der Waals surface area contributed by atoms with Crippen molar-refractivity contribution < 1.29 is 9.50 Å². The Bertz CT molecular complexity index is 878. The van der Waals surface area contributed by atoms with Gasteiger partial charge in [-0.25, -0.2) is 9.37 Å². The molecule has 2 heterocycles. The van der Waals surface area contributed by atoms with Gasteiger partial charge in [0.2, 0.25) is 0 Å². The van der Waals surface area contributed by atoms with E-state index in [-0.39, 0.29) is 5.02 Å². The normalized spacial score (nSPS) is 12.8. The zero-order valence-electron chi connectivity index (χ0n) is 12.0. The molecule has 2 aromatic heterocycles. The van der Waals surface area contributed by atoms with Crippen LogP contribution in [0, 0.1) is 19.7 Å². The second kappa shape index (κ2) is 5.50. The van der Waals surface area contributed by atoms with Gasteiger partial charge in [0, 0.05) is 11.1 Å². The molecular formula is C16H14ClFN2OS. The Kier molecular flexibility index (Phi) is 3.80. The van der Waals surface area contributed by atoms with Crippen LogP contribution in [0.1, 0.15) is 27.8 Å². The third-order valence-corrected chi connectivity index (χ3v) is 5.00. The number of nitrogens with zero attached hydrogens (tertiary/aromatic N) is 1. The maximum atomic E-state index is 13.3. The van der Waals surface area contributed by atoms with Crippen LogP contribution in [0.25, 0.3) is 10.2 Å². The van der Waals surface area contributed by atoms with Crippen LogP contribution in [-0.2, 0) is 0 Å². The highest BCUT2D eigenvalue weighted by atomic mass is 35.5. The maximum Gasteiger partial charge on any atom is 0.141 e. The highest BCUT2D eigenvalue weighted by molar-refractivity contribution is 7.19. The Labute approximate surface area is 136 Å². The monoisotopic (exact) mass is 336 g/mol. The van der Waals surface area contributed by atoms with Gasteiger partial charge in [-0.2, -0.15) is 0 Å². The van der Waals surface area contributed by atoms with E-state index in [9.17, 15) is 9.50 Å². The van der Waals surface area contributed by atoms with E-state index in [4.69, 9.17) is 17.3 Å². The van der Waals surface area contributed by atoms with Gasteiger partial charge in [0.1, 0.15) is 16.8 Å². The first-order valence-electron chi connectivity index (χ1n) is 6.67. The molecule has 1 atom stereocenters. The van der Waals surface area contributed by atoms with E-state index in [1.807, 2.05) is 19.9 Å². The molecule has 3 N–H and O–H groups in total. The number of nitrogen functional groups attached to an aromatic ring is 1. The van der Waals surface area contributed by atoms with Crippen LogP contribution < -0.4 is 5.73 Å². The van der Waals surface area contributed by atoms with Crippen molar-refractivity contribution in [1.29, 1.82) is 0 Å². The molecule has 0 saturated carbocycles. The number of aryl methyl sites for hydroxylation is 2. The largest absolute Gasteiger partial charge is 0.397 e. The van der Waals surface area contributed by atoms with Crippen molar-refractivity contribution in [3.8, 4) is 0 Å². The molecule has 6 heteroatoms. The van der Waals surface area contributed by atoms with Gasteiger partial charge in [-0.1, -0.05) is 17.7 Å². The minimum absolute atomic E-state index is 0.0265. The summed E-state index contributed by atoms with van der Waals surface area (Å²) in [6, 6.07) is 6.10. The lowest BCUT2D eigenvalue weighted by atomic mass is 10.1. The van der Waals surface area contributed by atoms with Crippen molar-refractivity contribution in [2.24, 2.45) is 0 Å². The number of halogens is 2. The van der Waals surface area contributed by atoms with Crippen molar-refractivity contribution in [3.63, 3.8) is 0 Å². The number of rotatable bonds is 2. The molecular weight excluding hydrogens is 323 g/mol. The van der Waals surface area contributed by atoms with E-state index in [0.29, 0.717) is 16.1 Å². The summed E-state index contributed by atoms with van der Waals surface area (Å²) in [5, 5.41) is 11.4. The number of benzene rings is 1. The second-order valence-corrected chi connectivity index (χ2v) is 6.65. The SMILES string of the molecule is Cc1cc(C)c2c(N)c(C(O)c3ccc(F)c(Cl)c3)sc2n1. The van der Waals surface area contributed by atoms with Crippen molar-refractivity contribution >= 4 is 38.8 Å². The first-order valence-corrected chi connectivity index (χ1v) is 7.87. The molecule has 0 spiro atoms. The fourth-order valence-electron chi connectivity index (χ4n) is 2.52. The van der Waals surface area contributed by atoms with Crippen LogP contribution in [-0.4, -0.2) is 10.1 Å². The lowest BCUT2D eigenvalue weighted by molar-refractivity contribution is 0.225. The van der Waals surface area contributed by atoms with Gasteiger partial charge < -0.3 is 10.8 Å². The van der Waals surface area contributed by atoms with E-state index >= 15 is 0 Å². The summed E-state index contributed by atoms with van der Waals surface area (Å²) in [6.45, 7) is 3.88. The number of pyridine rings is 1. The van der Waals surface area contributed by atoms with Crippen molar-refractivity contribution in [2.75, 3.05) is 5.73 Å². The Morgan fingerprint density at radius 2 is 2.05 bits per heavy atom. The van der Waals surface area contributed by atoms with E-state index < -0.39 is 11.9 Å². The quantitative estimate of drug-likeness (QED) is 0.730. The fraction of sp³-hybridized carbons (Fsp3) is 0.188. The molecule has 0 saturated heterocycles. The predicted octanol–water partition coefficient (Wildman–Crippen LogP) is 4.37. The fourth-order valence-corrected chi connectivity index (χ4v) is 3.94. The zero-order chi connectivity index (χ0) is 16.0. The summed E-state index contributed by atoms with van der Waals surface area (Å²) in [7, 11) is 0. The van der Waals surface area contributed by atoms with Crippen LogP contribution in [0.2, 0.25) is 5.02 Å². The lowest BCUT2D eigenvalue weighted by Crippen LogP contribution is -2.01. The Morgan fingerprint density at radius 3 is 2.73 bits per heavy atom. The molecule has 0 aliphatic heterocycles. The van der Waals surface area contributed by atoms with E-state index in [0.717, 1.165) is 21.5 Å². The zero-order valence-corrected chi connectivity index (χ0v) is 13.6. The minimum Gasteiger partial charge on any atom is -0.397 e. The van der Waals surface area contributed by atoms with E-state index in [1.165, 1.54) is 29.5 Å². The summed E-state index contributed by atoms with van der Waals surface area (Å²) < 4.78 is 13.3. The molecule has 114 valence electrons. The number of aromatic nitrogens is 1. The third-order valence-electron chi connectivity index (χ3n) is 3.56. The molecule has 0 radical (unpaired) electrons. The van der Waals surface area contributed by atoms with E-state index in [1.54, 1.807) is 0 Å². The van der Waals surface area contributed by atoms with Crippen LogP contribution in [0.3, 0.4) is 0 Å². The summed E-state index contributed by atoms with van der Waals surface area (Å²) in [4.78, 5) is 5.85. The van der Waals surface area contributed by atoms with Crippen molar-refractivity contribution in [1.82, 2.24) is 4.98 Å². The number of aliphatic hydroxyl groups is 1. The molecule has 0 aliphatic rings. The highest BCUT2D eigenvalue weighted by Gasteiger charge is 2.21. The molecule has 3 nitrogen and oxygen atoms in total. The van der Waals surface area contributed by atoms with Crippen LogP contribution in [0.5, 0.6) is 0 Å². The molecule has 0 bridgehead atoms. The van der Waals surface area contributed by atoms with Gasteiger partial charge >= 0.3 is 0 Å². The molecule has 3 rings (SSSR count). The summed E-state index contributed by atoms with van der Waals surface area (Å²) in [5.41, 5.74) is 9.13. The number of hydrogen-bond donors (Lipinski definition) is 2. The Balaban J connectivity index is 2.15. The van der Waals surface area contributed by atoms with Gasteiger partial charge in [-0.05, 0) is 43.2 Å². The van der Waals surface area contributed by atoms with Gasteiger partial charge in [-0.3, -0.25) is 0 Å². The third kappa shape index (κ3) is 2.45. The summed E-state index contributed by atoms with van der Waals surface area (Å²) in [5.74, 6) is -0.518. The van der Waals surface area contributed by atoms with Crippen LogP contribution in [0.4, 0.5) is 10.1 Å². The lowest BCUT2D eigenvalue weighted by Gasteiger charge is -2.11. The van der Waals surface area contributed by atoms with E-state index in [2.05, 4.69) is 4.98 Å². The standard InChI is InChI=1S/C16H14ClFN2OS/c1-7-5-8(2)20-16-12(7)13(19)15(22-16)14(21)9-3-4-11(18)10(17)6-9/h3-6,14,21H,19H2,1-2H3. The molecule has 1 aromatic carbocycles. The molecule has 0 aliphatic carbocycles. The Morgan fingerprint density at radius 1 is 1.32 bits per heavy atom. The van der Waals surface area contributed by atoms with Gasteiger partial charge in [0.15, 0.2) is 0 Å². The Hall–Kier alpha value is -1.69. The first kappa shape index (κ1) is 15.2. The van der Waals surface area contributed by atoms with Gasteiger partial charge in [-0.15, -0.1) is 11.3 Å². The number of nitrogens with two attached hydrogens (primary N) is 1. The number of aliphatic hydroxyl groups excluding tert-OH is 1. The number of hydrogen-bond acceptors (Lipinski definition) is 4. The molecule has 0 fully saturated rings. The van der Waals surface area contributed by atoms with Crippen LogP contribution >= 0.6 is 22.9 Å². The summed E-state index contributed by atoms with van der Waals surface area (Å²) in [6.07, 6.45) is -0.961. The van der Waals surface area contributed by atoms with Crippen molar-refractivity contribution in [3.05, 3.63) is 56.8 Å². The van der Waals surface area contributed by atoms with Gasteiger partial charge in [0.05, 0.1) is 15.6 Å². The molecule has 1 unspecified atom stereocenters. The smallest absolute Gasteiger partial charge is 0.141 e. The van der Waals surface area contributed by atoms with Gasteiger partial charge in [0.25, 0.3) is 0 Å². The highest BCUT2D eigenvalue weighted by Crippen LogP contribution is 2.41.